The summed E-state index contributed by atoms with van der Waals surface area (Å²) >= 11 is 0. The van der Waals surface area contributed by atoms with Crippen molar-refractivity contribution in [2.75, 3.05) is 6.26 Å². The molecule has 2 aromatic heterocycles. The predicted octanol–water partition coefficient (Wildman–Crippen LogP) is 2.61. The fourth-order valence-electron chi connectivity index (χ4n) is 2.23. The molecule has 0 atom stereocenters. The Morgan fingerprint density at radius 1 is 1.00 bits per heavy atom. The molecule has 0 saturated carbocycles. The molecule has 0 saturated heterocycles. The van der Waals surface area contributed by atoms with Gasteiger partial charge < -0.3 is 0 Å². The summed E-state index contributed by atoms with van der Waals surface area (Å²) < 4.78 is 15.8. The largest absolute Gasteiger partial charge is 0.267 e. The summed E-state index contributed by atoms with van der Waals surface area (Å²) in [6, 6.07) is 14.9. The second-order valence-corrected chi connectivity index (χ2v) is 8.56. The molecular formula is C15H15N3OS. The van der Waals surface area contributed by atoms with Crippen LogP contribution >= 0.6 is 0 Å². The molecule has 0 N–H and O–H groups in total. The minimum Gasteiger partial charge on any atom is -0.267 e. The maximum absolute atomic E-state index is 14.1. The molecule has 0 bridgehead atoms. The van der Waals surface area contributed by atoms with Gasteiger partial charge in [-0.05, 0) is 24.3 Å². The van der Waals surface area contributed by atoms with E-state index in [1.165, 1.54) is 0 Å². The molecule has 0 unspecified atom stereocenters. The molecule has 1 aromatic carbocycles. The molecule has 5 heteroatoms. The number of benzene rings is 1. The van der Waals surface area contributed by atoms with Gasteiger partial charge in [-0.2, -0.15) is 0 Å². The Bertz CT molecular complexity index is 724. The lowest BCUT2D eigenvalue weighted by atomic mass is 10.4. The van der Waals surface area contributed by atoms with Crippen LogP contribution in [0.5, 0.6) is 0 Å². The van der Waals surface area contributed by atoms with E-state index in [2.05, 4.69) is 9.97 Å². The van der Waals surface area contributed by atoms with Crippen LogP contribution in [-0.2, 0) is 9.25 Å². The molecule has 0 amide bonds. The van der Waals surface area contributed by atoms with E-state index in [-0.39, 0.29) is 0 Å². The molecule has 0 aliphatic rings. The lowest BCUT2D eigenvalue weighted by Gasteiger charge is -2.39. The van der Waals surface area contributed by atoms with Crippen molar-refractivity contribution < 1.29 is 4.21 Å². The van der Waals surface area contributed by atoms with Gasteiger partial charge in [-0.3, -0.25) is 8.18 Å². The first-order chi connectivity index (χ1) is 9.62. The van der Waals surface area contributed by atoms with Gasteiger partial charge in [-0.15, -0.1) is 0 Å². The monoisotopic (exact) mass is 285 g/mol. The molecule has 4 nitrogen and oxygen atoms in total. The summed E-state index contributed by atoms with van der Waals surface area (Å²) in [4.78, 5) is 9.11. The van der Waals surface area contributed by atoms with E-state index in [9.17, 15) is 4.21 Å². The molecule has 3 rings (SSSR count). The summed E-state index contributed by atoms with van der Waals surface area (Å²) in [6.07, 6.45) is 8.32. The normalized spacial score (nSPS) is 13.6. The zero-order valence-corrected chi connectivity index (χ0v) is 11.9. The van der Waals surface area contributed by atoms with Crippen LogP contribution in [0.25, 0.3) is 0 Å². The van der Waals surface area contributed by atoms with E-state index >= 15 is 0 Å². The first kappa shape index (κ1) is 12.7. The van der Waals surface area contributed by atoms with Crippen molar-refractivity contribution in [1.82, 2.24) is 13.9 Å². The number of hydrogen-bond acceptors (Lipinski definition) is 3. The lowest BCUT2D eigenvalue weighted by Crippen LogP contribution is -2.39. The molecule has 3 aromatic rings. The van der Waals surface area contributed by atoms with Crippen LogP contribution in [0.2, 0.25) is 0 Å². The number of nitrogens with zero attached hydrogens (tertiary/aromatic N) is 3. The third-order valence-corrected chi connectivity index (χ3v) is 7.26. The van der Waals surface area contributed by atoms with E-state index in [1.807, 2.05) is 42.5 Å². The van der Waals surface area contributed by atoms with Gasteiger partial charge in [0.25, 0.3) is 0 Å². The molecule has 0 aliphatic heterocycles. The highest BCUT2D eigenvalue weighted by Gasteiger charge is 2.38. The van der Waals surface area contributed by atoms with E-state index in [0.29, 0.717) is 5.03 Å². The van der Waals surface area contributed by atoms with Crippen molar-refractivity contribution in [3.05, 3.63) is 73.4 Å². The van der Waals surface area contributed by atoms with Crippen molar-refractivity contribution in [1.29, 1.82) is 0 Å². The maximum atomic E-state index is 14.1. The van der Waals surface area contributed by atoms with Gasteiger partial charge in [-0.25, -0.2) is 9.97 Å². The summed E-state index contributed by atoms with van der Waals surface area (Å²) in [7, 11) is -3.53. The Kier molecular flexibility index (Phi) is 2.79. The summed E-state index contributed by atoms with van der Waals surface area (Å²) in [6.45, 7) is 0. The van der Waals surface area contributed by atoms with Crippen LogP contribution in [0.15, 0.2) is 83.4 Å². The average Bonchev–Trinajstić information content (AvgIpc) is 3.05. The molecule has 0 fully saturated rings. The van der Waals surface area contributed by atoms with Crippen molar-refractivity contribution in [3.63, 3.8) is 0 Å². The van der Waals surface area contributed by atoms with E-state index in [4.69, 9.17) is 0 Å². The fraction of sp³-hybridized carbons (Fsp3) is 0.0667. The van der Waals surface area contributed by atoms with Crippen molar-refractivity contribution >= 4 is 9.25 Å². The van der Waals surface area contributed by atoms with Crippen LogP contribution < -0.4 is 0 Å². The van der Waals surface area contributed by atoms with Gasteiger partial charge in [0, 0.05) is 39.0 Å². The Morgan fingerprint density at radius 2 is 1.75 bits per heavy atom. The van der Waals surface area contributed by atoms with Crippen LogP contribution in [0, 0.1) is 0 Å². The highest BCUT2D eigenvalue weighted by Crippen LogP contribution is 2.40. The summed E-state index contributed by atoms with van der Waals surface area (Å²) in [5, 5.41) is 0.536. The molecule has 0 radical (unpaired) electrons. The van der Waals surface area contributed by atoms with Gasteiger partial charge >= 0.3 is 0 Å². The molecular weight excluding hydrogens is 270 g/mol. The third kappa shape index (κ3) is 1.71. The van der Waals surface area contributed by atoms with Crippen LogP contribution in [-0.4, -0.2) is 24.4 Å². The predicted molar refractivity (Wildman–Crippen MR) is 78.9 cm³/mol. The fourth-order valence-corrected chi connectivity index (χ4v) is 5.07. The highest BCUT2D eigenvalue weighted by atomic mass is 32.3. The number of hydrogen-bond donors (Lipinski definition) is 0. The zero-order valence-electron chi connectivity index (χ0n) is 11.1. The highest BCUT2D eigenvalue weighted by molar-refractivity contribution is 8.18. The Labute approximate surface area is 117 Å². The number of pyridine rings is 1. The minimum absolute atomic E-state index is 0.536. The van der Waals surface area contributed by atoms with E-state index in [1.54, 1.807) is 41.2 Å². The third-order valence-electron chi connectivity index (χ3n) is 3.42. The van der Waals surface area contributed by atoms with Crippen LogP contribution in [0.4, 0.5) is 0 Å². The Hall–Kier alpha value is -2.27. The van der Waals surface area contributed by atoms with Crippen molar-refractivity contribution in [2.45, 2.75) is 9.92 Å². The molecule has 0 aliphatic carbocycles. The smallest absolute Gasteiger partial charge is 0.126 e. The van der Waals surface area contributed by atoms with Gasteiger partial charge in [0.2, 0.25) is 0 Å². The van der Waals surface area contributed by atoms with Crippen molar-refractivity contribution in [2.24, 2.45) is 0 Å². The van der Waals surface area contributed by atoms with Crippen LogP contribution in [0.3, 0.4) is 0 Å². The summed E-state index contributed by atoms with van der Waals surface area (Å²) in [5.74, 6) is 0. The standard InChI is InChI=1S/C15H15N3OS/c1-20(19,18-12-11-16-13-18,14-7-3-2-4-8-14)15-9-5-6-10-17-15/h2-13H,1H3. The van der Waals surface area contributed by atoms with Gasteiger partial charge in [0.1, 0.15) is 11.4 Å². The second kappa shape index (κ2) is 4.38. The second-order valence-electron chi connectivity index (χ2n) is 4.69. The zero-order chi connectivity index (χ0) is 14.1. The number of rotatable bonds is 3. The maximum Gasteiger partial charge on any atom is 0.126 e. The van der Waals surface area contributed by atoms with Gasteiger partial charge in [-0.1, -0.05) is 24.3 Å². The molecule has 2 heterocycles. The Balaban J connectivity index is 2.39. The van der Waals surface area contributed by atoms with E-state index in [0.717, 1.165) is 4.90 Å². The quantitative estimate of drug-likeness (QED) is 0.743. The lowest BCUT2D eigenvalue weighted by molar-refractivity contribution is 0.645. The molecule has 0 spiro atoms. The number of aromatic nitrogens is 3. The van der Waals surface area contributed by atoms with Crippen LogP contribution in [0.1, 0.15) is 0 Å². The first-order valence-corrected chi connectivity index (χ1v) is 8.54. The van der Waals surface area contributed by atoms with Gasteiger partial charge in [0.15, 0.2) is 0 Å². The molecule has 20 heavy (non-hydrogen) atoms. The number of imidazole rings is 1. The summed E-state index contributed by atoms with van der Waals surface area (Å²) in [5.41, 5.74) is 0. The minimum atomic E-state index is -3.53. The molecule has 102 valence electrons. The van der Waals surface area contributed by atoms with Gasteiger partial charge in [0.05, 0.1) is 0 Å². The van der Waals surface area contributed by atoms with E-state index < -0.39 is 9.25 Å². The topological polar surface area (TPSA) is 47.8 Å². The first-order valence-electron chi connectivity index (χ1n) is 6.21. The van der Waals surface area contributed by atoms with Crippen molar-refractivity contribution in [3.8, 4) is 0 Å². The average molecular weight is 285 g/mol. The Morgan fingerprint density at radius 3 is 2.35 bits per heavy atom. The SMILES string of the molecule is CS(=O)(c1ccccc1)(c1ccccn1)n1ccnc1.